The Hall–Kier alpha value is -0.0400. The number of nitrogens with zero attached hydrogens (tertiary/aromatic N) is 1. The van der Waals surface area contributed by atoms with E-state index in [1.54, 1.807) is 0 Å². The van der Waals surface area contributed by atoms with Crippen LogP contribution in [-0.4, -0.2) is 30.2 Å². The summed E-state index contributed by atoms with van der Waals surface area (Å²) in [6, 6.07) is 0.826. The molecule has 1 unspecified atom stereocenters. The maximum Gasteiger partial charge on any atom is 0.0938 e. The van der Waals surface area contributed by atoms with Gasteiger partial charge in [-0.1, -0.05) is 74.1 Å². The zero-order valence-electron chi connectivity index (χ0n) is 16.3. The van der Waals surface area contributed by atoms with E-state index in [0.29, 0.717) is 5.41 Å². The summed E-state index contributed by atoms with van der Waals surface area (Å²) in [6.45, 7) is 21.0. The minimum Gasteiger partial charge on any atom is -0.321 e. The molecule has 1 atom stereocenters. The molecule has 0 fully saturated rings. The Morgan fingerprint density at radius 3 is 1.29 bits per heavy atom. The Bertz CT molecular complexity index is 217. The summed E-state index contributed by atoms with van der Waals surface area (Å²) < 4.78 is 1.40. The lowest BCUT2D eigenvalue weighted by atomic mass is 9.80. The fourth-order valence-electron chi connectivity index (χ4n) is 4.02. The zero-order chi connectivity index (χ0) is 16.4. The molecule has 0 amide bonds. The molecule has 0 saturated carbocycles. The minimum absolute atomic E-state index is 0.422. The summed E-state index contributed by atoms with van der Waals surface area (Å²) >= 11 is 0. The molecular formula is C20H44N+. The van der Waals surface area contributed by atoms with Crippen LogP contribution in [0, 0.1) is 5.41 Å². The molecule has 0 saturated heterocycles. The summed E-state index contributed by atoms with van der Waals surface area (Å²) in [6.07, 6.45) is 10.9. The number of hydrogen-bond acceptors (Lipinski definition) is 0. The molecule has 1 nitrogen and oxygen atoms in total. The van der Waals surface area contributed by atoms with Crippen molar-refractivity contribution in [2.75, 3.05) is 19.6 Å². The van der Waals surface area contributed by atoms with Gasteiger partial charge < -0.3 is 4.48 Å². The standard InChI is InChI=1S/C20H44N/c1-8-12-16-21(17-13-9-2,18-14-10-3)19(15-11-4)20(5,6)7/h19H,8-18H2,1-7H3/q+1. The molecule has 0 heterocycles. The first kappa shape index (κ1) is 21.0. The topological polar surface area (TPSA) is 0 Å². The number of quaternary nitrogens is 1. The van der Waals surface area contributed by atoms with Gasteiger partial charge in [0.05, 0.1) is 25.7 Å². The third-order valence-electron chi connectivity index (χ3n) is 5.09. The summed E-state index contributed by atoms with van der Waals surface area (Å²) in [4.78, 5) is 0. The van der Waals surface area contributed by atoms with Gasteiger partial charge in [-0.25, -0.2) is 0 Å². The largest absolute Gasteiger partial charge is 0.321 e. The lowest BCUT2D eigenvalue weighted by Crippen LogP contribution is -2.61. The van der Waals surface area contributed by atoms with Crippen LogP contribution < -0.4 is 0 Å². The molecule has 0 radical (unpaired) electrons. The van der Waals surface area contributed by atoms with E-state index in [0.717, 1.165) is 6.04 Å². The van der Waals surface area contributed by atoms with Crippen LogP contribution in [0.4, 0.5) is 0 Å². The molecule has 0 aliphatic carbocycles. The van der Waals surface area contributed by atoms with Crippen LogP contribution in [0.2, 0.25) is 0 Å². The van der Waals surface area contributed by atoms with Crippen molar-refractivity contribution in [3.63, 3.8) is 0 Å². The van der Waals surface area contributed by atoms with Crippen molar-refractivity contribution in [3.8, 4) is 0 Å². The molecule has 0 aliphatic heterocycles. The van der Waals surface area contributed by atoms with E-state index < -0.39 is 0 Å². The van der Waals surface area contributed by atoms with E-state index in [4.69, 9.17) is 0 Å². The molecule has 1 heteroatoms. The van der Waals surface area contributed by atoms with Gasteiger partial charge in [-0.05, 0) is 25.7 Å². The second-order valence-electron chi connectivity index (χ2n) is 8.12. The first-order valence-corrected chi connectivity index (χ1v) is 9.73. The zero-order valence-corrected chi connectivity index (χ0v) is 16.3. The summed E-state index contributed by atoms with van der Waals surface area (Å²) in [5, 5.41) is 0. The molecule has 128 valence electrons. The van der Waals surface area contributed by atoms with Gasteiger partial charge in [0.2, 0.25) is 0 Å². The maximum absolute atomic E-state index is 2.48. The van der Waals surface area contributed by atoms with Crippen molar-refractivity contribution in [1.29, 1.82) is 0 Å². The van der Waals surface area contributed by atoms with Gasteiger partial charge in [-0.2, -0.15) is 0 Å². The third kappa shape index (κ3) is 7.17. The highest BCUT2D eigenvalue weighted by molar-refractivity contribution is 4.76. The molecule has 0 aliphatic rings. The van der Waals surface area contributed by atoms with Crippen LogP contribution in [0.15, 0.2) is 0 Å². The van der Waals surface area contributed by atoms with Crippen LogP contribution in [0.3, 0.4) is 0 Å². The molecule has 0 spiro atoms. The van der Waals surface area contributed by atoms with Gasteiger partial charge in [-0.3, -0.25) is 0 Å². The van der Waals surface area contributed by atoms with Crippen molar-refractivity contribution in [2.24, 2.45) is 5.41 Å². The van der Waals surface area contributed by atoms with Crippen molar-refractivity contribution < 1.29 is 4.48 Å². The molecule has 21 heavy (non-hydrogen) atoms. The van der Waals surface area contributed by atoms with Gasteiger partial charge in [0.15, 0.2) is 0 Å². The maximum atomic E-state index is 2.48. The second-order valence-corrected chi connectivity index (χ2v) is 8.12. The van der Waals surface area contributed by atoms with Crippen LogP contribution in [0.25, 0.3) is 0 Å². The molecule has 0 aromatic carbocycles. The lowest BCUT2D eigenvalue weighted by molar-refractivity contribution is -0.958. The van der Waals surface area contributed by atoms with Crippen molar-refractivity contribution in [2.45, 2.75) is 106 Å². The highest BCUT2D eigenvalue weighted by Gasteiger charge is 2.42. The highest BCUT2D eigenvalue weighted by Crippen LogP contribution is 2.35. The van der Waals surface area contributed by atoms with Gasteiger partial charge in [0, 0.05) is 5.41 Å². The molecule has 0 rings (SSSR count). The molecule has 0 bridgehead atoms. The summed E-state index contributed by atoms with van der Waals surface area (Å²) in [5.41, 5.74) is 0.422. The Labute approximate surface area is 136 Å². The normalized spacial score (nSPS) is 14.4. The fraction of sp³-hybridized carbons (Fsp3) is 1.00. The Morgan fingerprint density at radius 1 is 0.667 bits per heavy atom. The van der Waals surface area contributed by atoms with Crippen molar-refractivity contribution >= 4 is 0 Å². The minimum atomic E-state index is 0.422. The van der Waals surface area contributed by atoms with Crippen LogP contribution in [0.1, 0.15) is 99.8 Å². The monoisotopic (exact) mass is 298 g/mol. The van der Waals surface area contributed by atoms with Crippen molar-refractivity contribution in [1.82, 2.24) is 0 Å². The number of unbranched alkanes of at least 4 members (excludes halogenated alkanes) is 3. The number of rotatable bonds is 12. The van der Waals surface area contributed by atoms with Gasteiger partial charge in [0.1, 0.15) is 0 Å². The predicted octanol–water partition coefficient (Wildman–Crippen LogP) is 6.42. The average molecular weight is 299 g/mol. The second kappa shape index (κ2) is 10.6. The first-order chi connectivity index (χ1) is 9.87. The van der Waals surface area contributed by atoms with E-state index >= 15 is 0 Å². The smallest absolute Gasteiger partial charge is 0.0938 e. The predicted molar refractivity (Wildman–Crippen MR) is 97.7 cm³/mol. The summed E-state index contributed by atoms with van der Waals surface area (Å²) in [7, 11) is 0. The quantitative estimate of drug-likeness (QED) is 0.365. The summed E-state index contributed by atoms with van der Waals surface area (Å²) in [5.74, 6) is 0. The molecule has 0 N–H and O–H groups in total. The van der Waals surface area contributed by atoms with Gasteiger partial charge in [-0.15, -0.1) is 0 Å². The van der Waals surface area contributed by atoms with Crippen molar-refractivity contribution in [3.05, 3.63) is 0 Å². The average Bonchev–Trinajstić information content (AvgIpc) is 2.44. The number of hydrogen-bond donors (Lipinski definition) is 0. The van der Waals surface area contributed by atoms with E-state index in [2.05, 4.69) is 48.5 Å². The molecular weight excluding hydrogens is 254 g/mol. The van der Waals surface area contributed by atoms with E-state index in [-0.39, 0.29) is 0 Å². The van der Waals surface area contributed by atoms with Crippen LogP contribution >= 0.6 is 0 Å². The highest BCUT2D eigenvalue weighted by atomic mass is 15.4. The van der Waals surface area contributed by atoms with E-state index in [1.165, 1.54) is 75.5 Å². The Morgan fingerprint density at radius 2 is 1.05 bits per heavy atom. The van der Waals surface area contributed by atoms with Crippen LogP contribution in [0.5, 0.6) is 0 Å². The van der Waals surface area contributed by atoms with E-state index in [1.807, 2.05) is 0 Å². The SMILES string of the molecule is CCCC[N+](CCCC)(CCCC)C(CCC)C(C)(C)C. The lowest BCUT2D eigenvalue weighted by Gasteiger charge is -2.51. The van der Waals surface area contributed by atoms with Gasteiger partial charge in [0.25, 0.3) is 0 Å². The van der Waals surface area contributed by atoms with E-state index in [9.17, 15) is 0 Å². The Kier molecular flexibility index (Phi) is 10.6. The van der Waals surface area contributed by atoms with Gasteiger partial charge >= 0.3 is 0 Å². The third-order valence-corrected chi connectivity index (χ3v) is 5.09. The van der Waals surface area contributed by atoms with Crippen LogP contribution in [-0.2, 0) is 0 Å². The Balaban J connectivity index is 5.40. The fourth-order valence-corrected chi connectivity index (χ4v) is 4.02. The first-order valence-electron chi connectivity index (χ1n) is 9.73. The molecule has 0 aromatic heterocycles. The molecule has 0 aromatic rings.